The number of amides is 3. The van der Waals surface area contributed by atoms with Crippen molar-refractivity contribution in [2.24, 2.45) is 0 Å². The van der Waals surface area contributed by atoms with Crippen LogP contribution in [0.4, 0.5) is 16.2 Å². The summed E-state index contributed by atoms with van der Waals surface area (Å²) in [5, 5.41) is 18.5. The van der Waals surface area contributed by atoms with Gasteiger partial charge in [0.15, 0.2) is 0 Å². The molecule has 0 unspecified atom stereocenters. The van der Waals surface area contributed by atoms with E-state index in [2.05, 4.69) is 16.0 Å². The van der Waals surface area contributed by atoms with Crippen LogP contribution >= 0.6 is 0 Å². The van der Waals surface area contributed by atoms with Crippen molar-refractivity contribution >= 4 is 23.3 Å². The molecule has 1 atom stereocenters. The summed E-state index contributed by atoms with van der Waals surface area (Å²) in [4.78, 5) is 33.8. The van der Waals surface area contributed by atoms with Crippen LogP contribution in [0.1, 0.15) is 25.8 Å². The highest BCUT2D eigenvalue weighted by atomic mass is 16.6. The van der Waals surface area contributed by atoms with Crippen LogP contribution in [0.25, 0.3) is 0 Å². The highest BCUT2D eigenvalue weighted by molar-refractivity contribution is 5.93. The molecule has 0 bridgehead atoms. The Morgan fingerprint density at radius 3 is 2.64 bits per heavy atom. The van der Waals surface area contributed by atoms with Gasteiger partial charge in [0.1, 0.15) is 6.04 Å². The number of aryl methyl sites for hydroxylation is 1. The van der Waals surface area contributed by atoms with Crippen LogP contribution < -0.4 is 16.0 Å². The maximum atomic E-state index is 11.8. The minimum Gasteiger partial charge on any atom is -0.354 e. The van der Waals surface area contributed by atoms with Gasteiger partial charge in [0, 0.05) is 23.9 Å². The van der Waals surface area contributed by atoms with Crippen molar-refractivity contribution in [3.63, 3.8) is 0 Å². The molecule has 0 spiro atoms. The van der Waals surface area contributed by atoms with Crippen molar-refractivity contribution in [2.75, 3.05) is 11.9 Å². The van der Waals surface area contributed by atoms with Crippen molar-refractivity contribution in [1.82, 2.24) is 10.6 Å². The molecule has 3 amide bonds. The van der Waals surface area contributed by atoms with Gasteiger partial charge < -0.3 is 16.0 Å². The molecule has 120 valence electrons. The lowest BCUT2D eigenvalue weighted by atomic mass is 10.2. The first kappa shape index (κ1) is 17.4. The second kappa shape index (κ2) is 7.96. The van der Waals surface area contributed by atoms with Crippen LogP contribution in [0.3, 0.4) is 0 Å². The number of carbonyl (C=O) groups excluding carboxylic acids is 2. The van der Waals surface area contributed by atoms with Crippen LogP contribution in [0.15, 0.2) is 18.2 Å². The molecule has 22 heavy (non-hydrogen) atoms. The first-order valence-corrected chi connectivity index (χ1v) is 6.95. The Morgan fingerprint density at radius 2 is 2.05 bits per heavy atom. The van der Waals surface area contributed by atoms with Gasteiger partial charge in [-0.25, -0.2) is 4.79 Å². The lowest BCUT2D eigenvalue weighted by Crippen LogP contribution is -2.46. The summed E-state index contributed by atoms with van der Waals surface area (Å²) in [5.74, 6) is -0.285. The van der Waals surface area contributed by atoms with Gasteiger partial charge in [0.05, 0.1) is 4.92 Å². The molecule has 8 nitrogen and oxygen atoms in total. The van der Waals surface area contributed by atoms with Crippen LogP contribution in [-0.4, -0.2) is 29.4 Å². The minimum absolute atomic E-state index is 0.0773. The molecular weight excluding hydrogens is 288 g/mol. The molecule has 0 aromatic heterocycles. The third kappa shape index (κ3) is 5.04. The van der Waals surface area contributed by atoms with Gasteiger partial charge in [0.25, 0.3) is 5.69 Å². The number of anilines is 1. The van der Waals surface area contributed by atoms with E-state index in [0.29, 0.717) is 12.1 Å². The van der Waals surface area contributed by atoms with E-state index in [1.54, 1.807) is 26.0 Å². The van der Waals surface area contributed by atoms with Crippen molar-refractivity contribution < 1.29 is 14.5 Å². The van der Waals surface area contributed by atoms with Gasteiger partial charge in [-0.05, 0) is 26.3 Å². The molecule has 1 aromatic carbocycles. The Hall–Kier alpha value is -2.64. The van der Waals surface area contributed by atoms with Crippen molar-refractivity contribution in [2.45, 2.75) is 33.2 Å². The third-order valence-electron chi connectivity index (χ3n) is 2.95. The zero-order valence-electron chi connectivity index (χ0n) is 12.8. The molecule has 0 aliphatic carbocycles. The number of benzene rings is 1. The topological polar surface area (TPSA) is 113 Å². The molecule has 0 aliphatic rings. The Bertz CT molecular complexity index is 574. The van der Waals surface area contributed by atoms with E-state index >= 15 is 0 Å². The smallest absolute Gasteiger partial charge is 0.319 e. The predicted octanol–water partition coefficient (Wildman–Crippen LogP) is 1.94. The van der Waals surface area contributed by atoms with Crippen LogP contribution in [-0.2, 0) is 4.79 Å². The Balaban J connectivity index is 2.63. The average molecular weight is 308 g/mol. The summed E-state index contributed by atoms with van der Waals surface area (Å²) in [6.45, 7) is 5.64. The Kier molecular flexibility index (Phi) is 6.30. The lowest BCUT2D eigenvalue weighted by molar-refractivity contribution is -0.385. The number of hydrogen-bond acceptors (Lipinski definition) is 4. The first-order chi connectivity index (χ1) is 10.3. The van der Waals surface area contributed by atoms with Gasteiger partial charge in [-0.15, -0.1) is 0 Å². The molecule has 3 N–H and O–H groups in total. The first-order valence-electron chi connectivity index (χ1n) is 6.95. The van der Waals surface area contributed by atoms with Crippen LogP contribution in [0.2, 0.25) is 0 Å². The highest BCUT2D eigenvalue weighted by Crippen LogP contribution is 2.22. The van der Waals surface area contributed by atoms with Crippen molar-refractivity contribution in [1.29, 1.82) is 0 Å². The fourth-order valence-electron chi connectivity index (χ4n) is 1.71. The number of nitrogens with one attached hydrogen (secondary N) is 3. The second-order valence-electron chi connectivity index (χ2n) is 4.87. The third-order valence-corrected chi connectivity index (χ3v) is 2.95. The molecule has 0 radical (unpaired) electrons. The molecule has 1 rings (SSSR count). The molecule has 0 saturated heterocycles. The van der Waals surface area contributed by atoms with Crippen molar-refractivity contribution in [3.05, 3.63) is 33.9 Å². The normalized spacial score (nSPS) is 11.4. The average Bonchev–Trinajstić information content (AvgIpc) is 2.46. The maximum absolute atomic E-state index is 11.8. The van der Waals surface area contributed by atoms with Gasteiger partial charge >= 0.3 is 6.03 Å². The highest BCUT2D eigenvalue weighted by Gasteiger charge is 2.16. The molecular formula is C14H20N4O4. The van der Waals surface area contributed by atoms with E-state index in [1.807, 2.05) is 6.92 Å². The predicted molar refractivity (Wildman–Crippen MR) is 82.8 cm³/mol. The van der Waals surface area contributed by atoms with E-state index in [1.165, 1.54) is 6.07 Å². The zero-order valence-corrected chi connectivity index (χ0v) is 12.8. The fraction of sp³-hybridized carbons (Fsp3) is 0.429. The summed E-state index contributed by atoms with van der Waals surface area (Å²) in [5.41, 5.74) is 0.714. The summed E-state index contributed by atoms with van der Waals surface area (Å²) in [7, 11) is 0. The van der Waals surface area contributed by atoms with Gasteiger partial charge in [-0.3, -0.25) is 14.9 Å². The number of nitrogens with zero attached hydrogens (tertiary/aromatic N) is 1. The molecule has 0 saturated carbocycles. The van der Waals surface area contributed by atoms with Crippen molar-refractivity contribution in [3.8, 4) is 0 Å². The SMILES string of the molecule is CCCNC(=O)[C@H](C)NC(=O)Nc1ccc(C)c([N+](=O)[O-])c1. The van der Waals surface area contributed by atoms with Gasteiger partial charge in [0.2, 0.25) is 5.91 Å². The minimum atomic E-state index is -0.702. The lowest BCUT2D eigenvalue weighted by Gasteiger charge is -2.14. The number of rotatable bonds is 6. The number of urea groups is 1. The van der Waals surface area contributed by atoms with E-state index in [0.717, 1.165) is 6.42 Å². The zero-order chi connectivity index (χ0) is 16.7. The quantitative estimate of drug-likeness (QED) is 0.550. The standard InChI is InChI=1S/C14H20N4O4/c1-4-7-15-13(19)10(3)16-14(20)17-11-6-5-9(2)12(8-11)18(21)22/h5-6,8,10H,4,7H2,1-3H3,(H,15,19)(H2,16,17,20)/t10-/m0/s1. The largest absolute Gasteiger partial charge is 0.354 e. The molecule has 0 heterocycles. The van der Waals surface area contributed by atoms with E-state index in [-0.39, 0.29) is 17.3 Å². The van der Waals surface area contributed by atoms with E-state index < -0.39 is 17.0 Å². The second-order valence-corrected chi connectivity index (χ2v) is 4.87. The summed E-state index contributed by atoms with van der Waals surface area (Å²) < 4.78 is 0. The molecule has 0 fully saturated rings. The maximum Gasteiger partial charge on any atom is 0.319 e. The molecule has 8 heteroatoms. The number of hydrogen-bond donors (Lipinski definition) is 3. The summed E-state index contributed by atoms with van der Waals surface area (Å²) >= 11 is 0. The number of nitro groups is 1. The summed E-state index contributed by atoms with van der Waals surface area (Å²) in [6, 6.07) is 3.08. The number of carbonyl (C=O) groups is 2. The van der Waals surface area contributed by atoms with E-state index in [4.69, 9.17) is 0 Å². The van der Waals surface area contributed by atoms with Gasteiger partial charge in [-0.2, -0.15) is 0 Å². The molecule has 0 aliphatic heterocycles. The summed E-state index contributed by atoms with van der Waals surface area (Å²) in [6.07, 6.45) is 0.803. The fourth-order valence-corrected chi connectivity index (χ4v) is 1.71. The van der Waals surface area contributed by atoms with Gasteiger partial charge in [-0.1, -0.05) is 13.0 Å². The monoisotopic (exact) mass is 308 g/mol. The van der Waals surface area contributed by atoms with Crippen LogP contribution in [0.5, 0.6) is 0 Å². The van der Waals surface area contributed by atoms with E-state index in [9.17, 15) is 19.7 Å². The Labute approximate surface area is 128 Å². The Morgan fingerprint density at radius 1 is 1.36 bits per heavy atom. The number of nitro benzene ring substituents is 1. The molecule has 1 aromatic rings. The van der Waals surface area contributed by atoms with Crippen LogP contribution in [0, 0.1) is 17.0 Å².